The number of rotatable bonds is 4. The first-order valence-electron chi connectivity index (χ1n) is 5.46. The lowest BCUT2D eigenvalue weighted by atomic mass is 9.97. The molecule has 0 radical (unpaired) electrons. The normalized spacial score (nSPS) is 19.8. The van der Waals surface area contributed by atoms with Crippen LogP contribution in [0.25, 0.3) is 0 Å². The third kappa shape index (κ3) is 4.39. The summed E-state index contributed by atoms with van der Waals surface area (Å²) in [6.45, 7) is 2.20. The van der Waals surface area contributed by atoms with E-state index in [-0.39, 0.29) is 24.3 Å². The summed E-state index contributed by atoms with van der Waals surface area (Å²) in [4.78, 5) is 39.4. The number of hydrogen-bond acceptors (Lipinski definition) is 4. The maximum absolute atomic E-state index is 11.6. The minimum absolute atomic E-state index is 0.0412. The number of hydrogen-bond donors (Lipinski definition) is 2. The predicted octanol–water partition coefficient (Wildman–Crippen LogP) is -1.22. The van der Waals surface area contributed by atoms with E-state index in [2.05, 4.69) is 10.3 Å². The van der Waals surface area contributed by atoms with Crippen LogP contribution in [0.1, 0.15) is 19.8 Å². The van der Waals surface area contributed by atoms with Crippen LogP contribution in [0.3, 0.4) is 0 Å². The molecule has 0 aromatic rings. The van der Waals surface area contributed by atoms with Crippen molar-refractivity contribution in [1.29, 1.82) is 0 Å². The molecule has 1 rings (SSSR count). The molecule has 0 aliphatic carbocycles. The Morgan fingerprint density at radius 1 is 1.47 bits per heavy atom. The van der Waals surface area contributed by atoms with E-state index < -0.39 is 5.91 Å². The zero-order valence-electron chi connectivity index (χ0n) is 9.77. The summed E-state index contributed by atoms with van der Waals surface area (Å²) in [5.74, 6) is -1.31. The standard InChI is InChI=1S/C10H17N3O4/c1-7(14)13-4-2-3-8(5-13)10(16)12-17-6-9(11)15/h8H,2-6H2,1H3,(H2,11,15)(H,12,16). The number of piperidine rings is 1. The first-order valence-corrected chi connectivity index (χ1v) is 5.46. The molecule has 17 heavy (non-hydrogen) atoms. The molecular formula is C10H17N3O4. The zero-order chi connectivity index (χ0) is 12.8. The summed E-state index contributed by atoms with van der Waals surface area (Å²) in [7, 11) is 0. The van der Waals surface area contributed by atoms with E-state index in [1.807, 2.05) is 0 Å². The van der Waals surface area contributed by atoms with Gasteiger partial charge in [0, 0.05) is 20.0 Å². The Hall–Kier alpha value is -1.63. The Morgan fingerprint density at radius 2 is 2.18 bits per heavy atom. The fraction of sp³-hybridized carbons (Fsp3) is 0.700. The predicted molar refractivity (Wildman–Crippen MR) is 58.3 cm³/mol. The number of hydroxylamine groups is 1. The lowest BCUT2D eigenvalue weighted by molar-refractivity contribution is -0.143. The molecule has 0 aromatic carbocycles. The molecule has 3 N–H and O–H groups in total. The van der Waals surface area contributed by atoms with Crippen LogP contribution < -0.4 is 11.2 Å². The van der Waals surface area contributed by atoms with Crippen molar-refractivity contribution in [2.45, 2.75) is 19.8 Å². The lowest BCUT2D eigenvalue weighted by Gasteiger charge is -2.30. The van der Waals surface area contributed by atoms with Crippen LogP contribution in [0.5, 0.6) is 0 Å². The van der Waals surface area contributed by atoms with Gasteiger partial charge in [0.15, 0.2) is 6.61 Å². The molecule has 0 spiro atoms. The van der Waals surface area contributed by atoms with Crippen molar-refractivity contribution in [3.05, 3.63) is 0 Å². The molecule has 1 heterocycles. The smallest absolute Gasteiger partial charge is 0.248 e. The molecule has 0 aromatic heterocycles. The van der Waals surface area contributed by atoms with Crippen LogP contribution in [0.4, 0.5) is 0 Å². The number of amides is 3. The van der Waals surface area contributed by atoms with E-state index in [1.54, 1.807) is 4.90 Å². The Morgan fingerprint density at radius 3 is 2.76 bits per heavy atom. The third-order valence-electron chi connectivity index (χ3n) is 2.62. The maximum Gasteiger partial charge on any atom is 0.248 e. The molecule has 7 nitrogen and oxygen atoms in total. The van der Waals surface area contributed by atoms with Gasteiger partial charge in [0.1, 0.15) is 0 Å². The van der Waals surface area contributed by atoms with Gasteiger partial charge >= 0.3 is 0 Å². The second-order valence-electron chi connectivity index (χ2n) is 4.03. The van der Waals surface area contributed by atoms with Crippen LogP contribution in [-0.4, -0.2) is 42.3 Å². The average molecular weight is 243 g/mol. The minimum Gasteiger partial charge on any atom is -0.368 e. The van der Waals surface area contributed by atoms with Gasteiger partial charge in [-0.1, -0.05) is 0 Å². The summed E-state index contributed by atoms with van der Waals surface area (Å²) in [6.07, 6.45) is 1.49. The molecule has 1 unspecified atom stereocenters. The largest absolute Gasteiger partial charge is 0.368 e. The Bertz CT molecular complexity index is 319. The van der Waals surface area contributed by atoms with Crippen molar-refractivity contribution in [3.8, 4) is 0 Å². The van der Waals surface area contributed by atoms with Gasteiger partial charge in [-0.05, 0) is 12.8 Å². The molecule has 1 saturated heterocycles. The number of nitrogens with one attached hydrogen (secondary N) is 1. The van der Waals surface area contributed by atoms with E-state index in [0.717, 1.165) is 6.42 Å². The molecule has 1 aliphatic heterocycles. The average Bonchev–Trinajstić information content (AvgIpc) is 2.28. The van der Waals surface area contributed by atoms with Crippen molar-refractivity contribution < 1.29 is 19.2 Å². The van der Waals surface area contributed by atoms with Gasteiger partial charge < -0.3 is 10.6 Å². The SMILES string of the molecule is CC(=O)N1CCCC(C(=O)NOCC(N)=O)C1. The molecule has 0 bridgehead atoms. The van der Waals surface area contributed by atoms with Gasteiger partial charge in [-0.3, -0.25) is 19.2 Å². The van der Waals surface area contributed by atoms with Crippen LogP contribution in [-0.2, 0) is 19.2 Å². The van der Waals surface area contributed by atoms with Crippen LogP contribution >= 0.6 is 0 Å². The minimum atomic E-state index is -0.653. The number of likely N-dealkylation sites (tertiary alicyclic amines) is 1. The van der Waals surface area contributed by atoms with Crippen molar-refractivity contribution in [2.75, 3.05) is 19.7 Å². The van der Waals surface area contributed by atoms with Crippen LogP contribution in [0.15, 0.2) is 0 Å². The van der Waals surface area contributed by atoms with Crippen molar-refractivity contribution in [2.24, 2.45) is 11.7 Å². The topological polar surface area (TPSA) is 102 Å². The molecule has 1 atom stereocenters. The van der Waals surface area contributed by atoms with Crippen molar-refractivity contribution in [3.63, 3.8) is 0 Å². The first-order chi connectivity index (χ1) is 8.00. The second kappa shape index (κ2) is 6.19. The Kier molecular flexibility index (Phi) is 4.89. The molecule has 3 amide bonds. The summed E-state index contributed by atoms with van der Waals surface area (Å²) in [6, 6.07) is 0. The van der Waals surface area contributed by atoms with E-state index >= 15 is 0 Å². The Labute approximate surface area is 99.2 Å². The van der Waals surface area contributed by atoms with Crippen molar-refractivity contribution >= 4 is 17.7 Å². The number of nitrogens with two attached hydrogens (primary N) is 1. The van der Waals surface area contributed by atoms with Gasteiger partial charge in [0.25, 0.3) is 0 Å². The monoisotopic (exact) mass is 243 g/mol. The van der Waals surface area contributed by atoms with Gasteiger partial charge in [-0.15, -0.1) is 0 Å². The maximum atomic E-state index is 11.6. The summed E-state index contributed by atoms with van der Waals surface area (Å²) in [5.41, 5.74) is 7.02. The third-order valence-corrected chi connectivity index (χ3v) is 2.62. The lowest BCUT2D eigenvalue weighted by Crippen LogP contribution is -2.45. The number of nitrogens with zero attached hydrogens (tertiary/aromatic N) is 1. The highest BCUT2D eigenvalue weighted by atomic mass is 16.7. The zero-order valence-corrected chi connectivity index (χ0v) is 9.77. The summed E-state index contributed by atoms with van der Waals surface area (Å²) < 4.78 is 0. The molecule has 96 valence electrons. The first kappa shape index (κ1) is 13.4. The fourth-order valence-electron chi connectivity index (χ4n) is 1.74. The molecule has 7 heteroatoms. The van der Waals surface area contributed by atoms with E-state index in [9.17, 15) is 14.4 Å². The number of carbonyl (C=O) groups excluding carboxylic acids is 3. The van der Waals surface area contributed by atoms with E-state index in [4.69, 9.17) is 5.73 Å². The Balaban J connectivity index is 2.35. The van der Waals surface area contributed by atoms with Gasteiger partial charge in [-0.25, -0.2) is 5.48 Å². The molecule has 1 fully saturated rings. The van der Waals surface area contributed by atoms with E-state index in [1.165, 1.54) is 6.92 Å². The molecule has 0 saturated carbocycles. The summed E-state index contributed by atoms with van der Waals surface area (Å²) >= 11 is 0. The van der Waals surface area contributed by atoms with E-state index in [0.29, 0.717) is 19.5 Å². The van der Waals surface area contributed by atoms with Crippen LogP contribution in [0.2, 0.25) is 0 Å². The van der Waals surface area contributed by atoms with Crippen LogP contribution in [0, 0.1) is 5.92 Å². The van der Waals surface area contributed by atoms with Crippen molar-refractivity contribution in [1.82, 2.24) is 10.4 Å². The summed E-state index contributed by atoms with van der Waals surface area (Å²) in [5, 5.41) is 0. The number of carbonyl (C=O) groups is 3. The second-order valence-corrected chi connectivity index (χ2v) is 4.03. The van der Waals surface area contributed by atoms with Gasteiger partial charge in [0.2, 0.25) is 17.7 Å². The highest BCUT2D eigenvalue weighted by Gasteiger charge is 2.27. The highest BCUT2D eigenvalue weighted by Crippen LogP contribution is 2.16. The molecule has 1 aliphatic rings. The molecular weight excluding hydrogens is 226 g/mol. The quantitative estimate of drug-likeness (QED) is 0.604. The number of primary amides is 1. The van der Waals surface area contributed by atoms with Gasteiger partial charge in [0.05, 0.1) is 5.92 Å². The van der Waals surface area contributed by atoms with Gasteiger partial charge in [-0.2, -0.15) is 0 Å². The fourth-order valence-corrected chi connectivity index (χ4v) is 1.74. The highest BCUT2D eigenvalue weighted by molar-refractivity contribution is 5.80.